The minimum atomic E-state index is -0.837. The molecule has 2 saturated carbocycles. The SMILES string of the molecule is O=C(COCCNC(=O)OCC1c2ccccc2-c2ccccc21)NC1C2CCC(C2)C1C(=O)O. The third-order valence-corrected chi connectivity index (χ3v) is 7.62. The fourth-order valence-corrected chi connectivity index (χ4v) is 6.12. The second kappa shape index (κ2) is 10.1. The molecular formula is C27H30N2O6. The molecular weight excluding hydrogens is 448 g/mol. The molecule has 0 aliphatic heterocycles. The summed E-state index contributed by atoms with van der Waals surface area (Å²) in [7, 11) is 0. The molecule has 2 fully saturated rings. The molecule has 8 nitrogen and oxygen atoms in total. The monoisotopic (exact) mass is 478 g/mol. The lowest BCUT2D eigenvalue weighted by atomic mass is 9.84. The van der Waals surface area contributed by atoms with Crippen molar-refractivity contribution in [3.63, 3.8) is 0 Å². The van der Waals surface area contributed by atoms with Crippen molar-refractivity contribution in [1.29, 1.82) is 0 Å². The van der Waals surface area contributed by atoms with Crippen molar-refractivity contribution in [3.8, 4) is 11.1 Å². The summed E-state index contributed by atoms with van der Waals surface area (Å²) in [6.45, 7) is 0.413. The fraction of sp³-hybridized carbons (Fsp3) is 0.444. The molecule has 0 spiro atoms. The minimum absolute atomic E-state index is 0.00595. The highest BCUT2D eigenvalue weighted by molar-refractivity contribution is 5.80. The summed E-state index contributed by atoms with van der Waals surface area (Å²) in [6.07, 6.45) is 2.22. The van der Waals surface area contributed by atoms with Crippen LogP contribution in [0.5, 0.6) is 0 Å². The van der Waals surface area contributed by atoms with Crippen molar-refractivity contribution in [2.75, 3.05) is 26.4 Å². The standard InChI is InChI=1S/C27H30N2O6/c30-23(29-25-17-10-9-16(13-17)24(25)26(31)32)15-34-12-11-28-27(33)35-14-22-20-7-3-1-5-18(20)19-6-2-4-8-21(19)22/h1-8,16-17,22,24-25H,9-15H2,(H,28,33)(H,29,30)(H,31,32). The Labute approximate surface area is 204 Å². The summed E-state index contributed by atoms with van der Waals surface area (Å²) in [5.41, 5.74) is 4.64. The van der Waals surface area contributed by atoms with Gasteiger partial charge in [0.1, 0.15) is 13.2 Å². The topological polar surface area (TPSA) is 114 Å². The Morgan fingerprint density at radius 2 is 1.60 bits per heavy atom. The third-order valence-electron chi connectivity index (χ3n) is 7.62. The molecule has 3 N–H and O–H groups in total. The molecule has 2 bridgehead atoms. The summed E-state index contributed by atoms with van der Waals surface area (Å²) in [6, 6.07) is 16.0. The number of carbonyl (C=O) groups is 3. The first-order valence-corrected chi connectivity index (χ1v) is 12.2. The number of carboxylic acid groups (broad SMARTS) is 1. The quantitative estimate of drug-likeness (QED) is 0.477. The second-order valence-corrected chi connectivity index (χ2v) is 9.60. The number of alkyl carbamates (subject to hydrolysis) is 1. The van der Waals surface area contributed by atoms with Gasteiger partial charge in [0.05, 0.1) is 12.5 Å². The number of rotatable bonds is 9. The van der Waals surface area contributed by atoms with E-state index < -0.39 is 18.0 Å². The number of carboxylic acids is 1. The van der Waals surface area contributed by atoms with E-state index in [1.807, 2.05) is 24.3 Å². The maximum atomic E-state index is 12.3. The Morgan fingerprint density at radius 3 is 2.29 bits per heavy atom. The van der Waals surface area contributed by atoms with Crippen molar-refractivity contribution >= 4 is 18.0 Å². The molecule has 0 heterocycles. The van der Waals surface area contributed by atoms with Gasteiger partial charge in [-0.2, -0.15) is 0 Å². The first kappa shape index (κ1) is 23.4. The van der Waals surface area contributed by atoms with Crippen LogP contribution in [0.3, 0.4) is 0 Å². The van der Waals surface area contributed by atoms with E-state index in [4.69, 9.17) is 9.47 Å². The first-order chi connectivity index (χ1) is 17.0. The number of amides is 2. The Balaban J connectivity index is 1.02. The van der Waals surface area contributed by atoms with Crippen LogP contribution in [-0.2, 0) is 19.1 Å². The van der Waals surface area contributed by atoms with E-state index in [2.05, 4.69) is 34.9 Å². The molecule has 8 heteroatoms. The normalized spacial score (nSPS) is 24.0. The number of ether oxygens (including phenoxy) is 2. The lowest BCUT2D eigenvalue weighted by molar-refractivity contribution is -0.145. The first-order valence-electron chi connectivity index (χ1n) is 12.2. The van der Waals surface area contributed by atoms with E-state index in [0.29, 0.717) is 0 Å². The van der Waals surface area contributed by atoms with Crippen LogP contribution < -0.4 is 10.6 Å². The van der Waals surface area contributed by atoms with Crippen LogP contribution in [0, 0.1) is 17.8 Å². The number of hydrogen-bond donors (Lipinski definition) is 3. The van der Waals surface area contributed by atoms with Crippen LogP contribution in [0.2, 0.25) is 0 Å². The lowest BCUT2D eigenvalue weighted by Crippen LogP contribution is -2.48. The van der Waals surface area contributed by atoms with Crippen LogP contribution in [-0.4, -0.2) is 55.5 Å². The van der Waals surface area contributed by atoms with Gasteiger partial charge in [-0.05, 0) is 53.4 Å². The zero-order valence-electron chi connectivity index (χ0n) is 19.4. The Morgan fingerprint density at radius 1 is 0.943 bits per heavy atom. The Hall–Kier alpha value is -3.39. The molecule has 0 aromatic heterocycles. The van der Waals surface area contributed by atoms with Gasteiger partial charge >= 0.3 is 12.1 Å². The molecule has 4 atom stereocenters. The summed E-state index contributed by atoms with van der Waals surface area (Å²) in [5, 5.41) is 15.0. The highest BCUT2D eigenvalue weighted by Gasteiger charge is 2.51. The molecule has 2 amide bonds. The Bertz CT molecular complexity index is 1070. The van der Waals surface area contributed by atoms with Crippen LogP contribution in [0.25, 0.3) is 11.1 Å². The second-order valence-electron chi connectivity index (χ2n) is 9.60. The van der Waals surface area contributed by atoms with Gasteiger partial charge < -0.3 is 25.2 Å². The lowest BCUT2D eigenvalue weighted by Gasteiger charge is -2.28. The average Bonchev–Trinajstić information content (AvgIpc) is 3.54. The van der Waals surface area contributed by atoms with Gasteiger partial charge in [0.25, 0.3) is 0 Å². The van der Waals surface area contributed by atoms with Gasteiger partial charge in [-0.15, -0.1) is 0 Å². The smallest absolute Gasteiger partial charge is 0.407 e. The number of aliphatic carboxylic acids is 1. The Kier molecular flexibility index (Phi) is 6.72. The summed E-state index contributed by atoms with van der Waals surface area (Å²) in [4.78, 5) is 36.0. The molecule has 0 saturated heterocycles. The molecule has 184 valence electrons. The van der Waals surface area contributed by atoms with Gasteiger partial charge in [-0.1, -0.05) is 48.5 Å². The van der Waals surface area contributed by atoms with Crippen LogP contribution in [0.4, 0.5) is 4.79 Å². The molecule has 4 unspecified atom stereocenters. The van der Waals surface area contributed by atoms with Crippen molar-refractivity contribution in [3.05, 3.63) is 59.7 Å². The van der Waals surface area contributed by atoms with E-state index in [1.165, 1.54) is 11.1 Å². The van der Waals surface area contributed by atoms with E-state index in [1.54, 1.807) is 0 Å². The van der Waals surface area contributed by atoms with E-state index in [-0.39, 0.29) is 56.1 Å². The third kappa shape index (κ3) is 4.75. The summed E-state index contributed by atoms with van der Waals surface area (Å²) >= 11 is 0. The molecule has 5 rings (SSSR count). The number of carbonyl (C=O) groups excluding carboxylic acids is 2. The van der Waals surface area contributed by atoms with E-state index in [0.717, 1.165) is 30.4 Å². The van der Waals surface area contributed by atoms with Gasteiger partial charge in [-0.3, -0.25) is 9.59 Å². The zero-order chi connectivity index (χ0) is 24.4. The summed E-state index contributed by atoms with van der Waals surface area (Å²) in [5.74, 6) is -1.28. The number of hydrogen-bond acceptors (Lipinski definition) is 5. The number of benzene rings is 2. The molecule has 2 aromatic carbocycles. The van der Waals surface area contributed by atoms with Crippen molar-refractivity contribution in [2.45, 2.75) is 31.2 Å². The predicted molar refractivity (Wildman–Crippen MR) is 128 cm³/mol. The molecule has 3 aliphatic carbocycles. The van der Waals surface area contributed by atoms with Gasteiger partial charge in [-0.25, -0.2) is 4.79 Å². The van der Waals surface area contributed by atoms with Crippen molar-refractivity contribution in [1.82, 2.24) is 10.6 Å². The van der Waals surface area contributed by atoms with E-state index in [9.17, 15) is 19.5 Å². The van der Waals surface area contributed by atoms with Gasteiger partial charge in [0.2, 0.25) is 5.91 Å². The average molecular weight is 479 g/mol. The predicted octanol–water partition coefficient (Wildman–Crippen LogP) is 3.16. The van der Waals surface area contributed by atoms with Crippen LogP contribution in [0.15, 0.2) is 48.5 Å². The summed E-state index contributed by atoms with van der Waals surface area (Å²) < 4.78 is 10.9. The fourth-order valence-electron chi connectivity index (χ4n) is 6.12. The van der Waals surface area contributed by atoms with Crippen molar-refractivity contribution in [2.24, 2.45) is 17.8 Å². The minimum Gasteiger partial charge on any atom is -0.481 e. The van der Waals surface area contributed by atoms with Crippen LogP contribution >= 0.6 is 0 Å². The maximum Gasteiger partial charge on any atom is 0.407 e. The number of nitrogens with one attached hydrogen (secondary N) is 2. The highest BCUT2D eigenvalue weighted by atomic mass is 16.5. The largest absolute Gasteiger partial charge is 0.481 e. The zero-order valence-corrected chi connectivity index (χ0v) is 19.4. The van der Waals surface area contributed by atoms with Gasteiger partial charge in [0.15, 0.2) is 0 Å². The molecule has 0 radical (unpaired) electrons. The molecule has 2 aromatic rings. The van der Waals surface area contributed by atoms with Gasteiger partial charge in [0, 0.05) is 18.5 Å². The van der Waals surface area contributed by atoms with Crippen LogP contribution in [0.1, 0.15) is 36.3 Å². The maximum absolute atomic E-state index is 12.3. The van der Waals surface area contributed by atoms with Crippen molar-refractivity contribution < 1.29 is 29.0 Å². The van der Waals surface area contributed by atoms with E-state index >= 15 is 0 Å². The molecule has 35 heavy (non-hydrogen) atoms. The number of fused-ring (bicyclic) bond motifs is 5. The molecule has 3 aliphatic rings. The highest BCUT2D eigenvalue weighted by Crippen LogP contribution is 2.48.